The molecule has 0 bridgehead atoms. The Kier molecular flexibility index (Phi) is 3.85. The molecule has 4 rings (SSSR count). The lowest BCUT2D eigenvalue weighted by molar-refractivity contribution is -0.135. The van der Waals surface area contributed by atoms with E-state index in [0.717, 1.165) is 22.0 Å². The zero-order valence-corrected chi connectivity index (χ0v) is 13.7. The summed E-state index contributed by atoms with van der Waals surface area (Å²) < 4.78 is 0. The molecule has 3 aromatic carbocycles. The highest BCUT2D eigenvalue weighted by atomic mass is 16.4. The fraction of sp³-hybridized carbons (Fsp3) is 0.0500. The number of aromatic nitrogens is 2. The van der Waals surface area contributed by atoms with E-state index < -0.39 is 18.4 Å². The van der Waals surface area contributed by atoms with Crippen molar-refractivity contribution in [3.8, 4) is 11.1 Å². The number of fused-ring (bicyclic) bond motifs is 2. The third-order valence-corrected chi connectivity index (χ3v) is 4.18. The maximum Gasteiger partial charge on any atom is 0.322 e. The van der Waals surface area contributed by atoms with Crippen LogP contribution in [0.4, 0.5) is 0 Å². The summed E-state index contributed by atoms with van der Waals surface area (Å²) in [6.45, 7) is -0.446. The van der Waals surface area contributed by atoms with Crippen molar-refractivity contribution in [2.24, 2.45) is 0 Å². The minimum atomic E-state index is -1.10. The predicted molar refractivity (Wildman–Crippen MR) is 99.0 cm³/mol. The number of aliphatic carboxylic acids is 1. The van der Waals surface area contributed by atoms with Gasteiger partial charge in [-0.3, -0.25) is 9.59 Å². The van der Waals surface area contributed by atoms with Crippen LogP contribution in [0.5, 0.6) is 0 Å². The number of H-pyrrole nitrogens is 1. The maximum atomic E-state index is 12.0. The van der Waals surface area contributed by atoms with Gasteiger partial charge in [0.15, 0.2) is 5.82 Å². The first-order valence-electron chi connectivity index (χ1n) is 8.09. The standard InChI is InChI=1S/C20H15N3O3/c24-18(25)11-21-20(26)19-22-16-8-7-15(10-17(16)23-19)14-6-5-12-3-1-2-4-13(12)9-14/h1-10H,11H2,(H,21,26)(H,22,23)(H,24,25). The molecule has 0 aliphatic rings. The Morgan fingerprint density at radius 2 is 1.69 bits per heavy atom. The van der Waals surface area contributed by atoms with Gasteiger partial charge in [0.25, 0.3) is 5.91 Å². The minimum Gasteiger partial charge on any atom is -0.480 e. The van der Waals surface area contributed by atoms with Crippen LogP contribution in [0.2, 0.25) is 0 Å². The molecule has 6 heteroatoms. The molecular formula is C20H15N3O3. The third kappa shape index (κ3) is 3.00. The van der Waals surface area contributed by atoms with Crippen LogP contribution in [-0.2, 0) is 4.79 Å². The smallest absolute Gasteiger partial charge is 0.322 e. The minimum absolute atomic E-state index is 0.0944. The summed E-state index contributed by atoms with van der Waals surface area (Å²) >= 11 is 0. The van der Waals surface area contributed by atoms with Gasteiger partial charge in [-0.25, -0.2) is 4.98 Å². The van der Waals surface area contributed by atoms with Gasteiger partial charge >= 0.3 is 5.97 Å². The van der Waals surface area contributed by atoms with Crippen molar-refractivity contribution in [1.82, 2.24) is 15.3 Å². The lowest BCUT2D eigenvalue weighted by atomic mass is 10.0. The highest BCUT2D eigenvalue weighted by molar-refractivity contribution is 5.96. The van der Waals surface area contributed by atoms with Gasteiger partial charge in [0.1, 0.15) is 6.54 Å². The van der Waals surface area contributed by atoms with Gasteiger partial charge in [0, 0.05) is 0 Å². The predicted octanol–water partition coefficient (Wildman–Crippen LogP) is 3.20. The largest absolute Gasteiger partial charge is 0.480 e. The molecule has 0 atom stereocenters. The van der Waals surface area contributed by atoms with Crippen LogP contribution in [0, 0.1) is 0 Å². The number of carboxylic acids is 1. The van der Waals surface area contributed by atoms with Crippen molar-refractivity contribution in [2.45, 2.75) is 0 Å². The summed E-state index contributed by atoms with van der Waals surface area (Å²) in [6.07, 6.45) is 0. The van der Waals surface area contributed by atoms with Gasteiger partial charge in [-0.1, -0.05) is 42.5 Å². The van der Waals surface area contributed by atoms with Gasteiger partial charge in [-0.2, -0.15) is 0 Å². The summed E-state index contributed by atoms with van der Waals surface area (Å²) in [7, 11) is 0. The summed E-state index contributed by atoms with van der Waals surface area (Å²) in [5.74, 6) is -1.55. The van der Waals surface area contributed by atoms with Crippen LogP contribution >= 0.6 is 0 Å². The SMILES string of the molecule is O=C(O)CNC(=O)c1nc2cc(-c3ccc4ccccc4c3)ccc2[nH]1. The molecule has 1 amide bonds. The number of carbonyl (C=O) groups is 2. The van der Waals surface area contributed by atoms with Crippen molar-refractivity contribution in [3.05, 3.63) is 66.5 Å². The topological polar surface area (TPSA) is 95.1 Å². The van der Waals surface area contributed by atoms with E-state index in [1.807, 2.05) is 30.3 Å². The number of carbonyl (C=O) groups excluding carboxylic acids is 1. The second kappa shape index (κ2) is 6.33. The van der Waals surface area contributed by atoms with Crippen LogP contribution in [0.15, 0.2) is 60.7 Å². The second-order valence-electron chi connectivity index (χ2n) is 5.96. The monoisotopic (exact) mass is 345 g/mol. The molecule has 0 radical (unpaired) electrons. The number of nitrogens with zero attached hydrogens (tertiary/aromatic N) is 1. The molecule has 128 valence electrons. The van der Waals surface area contributed by atoms with E-state index in [-0.39, 0.29) is 5.82 Å². The molecule has 1 aromatic heterocycles. The van der Waals surface area contributed by atoms with Gasteiger partial charge in [-0.05, 0) is 40.1 Å². The normalized spacial score (nSPS) is 10.9. The van der Waals surface area contributed by atoms with E-state index in [1.165, 1.54) is 5.39 Å². The van der Waals surface area contributed by atoms with Crippen molar-refractivity contribution < 1.29 is 14.7 Å². The lowest BCUT2D eigenvalue weighted by Gasteiger charge is -2.04. The number of nitrogens with one attached hydrogen (secondary N) is 2. The molecule has 3 N–H and O–H groups in total. The maximum absolute atomic E-state index is 12.0. The van der Waals surface area contributed by atoms with E-state index in [9.17, 15) is 9.59 Å². The van der Waals surface area contributed by atoms with Crippen molar-refractivity contribution in [2.75, 3.05) is 6.54 Å². The summed E-state index contributed by atoms with van der Waals surface area (Å²) in [6, 6.07) is 20.1. The van der Waals surface area contributed by atoms with Crippen molar-refractivity contribution >= 4 is 33.7 Å². The van der Waals surface area contributed by atoms with Gasteiger partial charge in [-0.15, -0.1) is 0 Å². The van der Waals surface area contributed by atoms with Crippen LogP contribution in [0.25, 0.3) is 32.9 Å². The summed E-state index contributed by atoms with van der Waals surface area (Å²) in [4.78, 5) is 29.7. The zero-order chi connectivity index (χ0) is 18.1. The quantitative estimate of drug-likeness (QED) is 0.529. The fourth-order valence-corrected chi connectivity index (χ4v) is 2.90. The molecule has 0 unspecified atom stereocenters. The van der Waals surface area contributed by atoms with Crippen LogP contribution in [0.3, 0.4) is 0 Å². The number of hydrogen-bond donors (Lipinski definition) is 3. The lowest BCUT2D eigenvalue weighted by Crippen LogP contribution is -2.29. The Balaban J connectivity index is 1.68. The Morgan fingerprint density at radius 3 is 2.50 bits per heavy atom. The van der Waals surface area contributed by atoms with E-state index >= 15 is 0 Å². The molecule has 0 saturated carbocycles. The van der Waals surface area contributed by atoms with E-state index in [0.29, 0.717) is 5.52 Å². The van der Waals surface area contributed by atoms with Gasteiger partial charge in [0.05, 0.1) is 11.0 Å². The first-order chi connectivity index (χ1) is 12.6. The number of benzene rings is 3. The van der Waals surface area contributed by atoms with Crippen LogP contribution in [0.1, 0.15) is 10.6 Å². The highest BCUT2D eigenvalue weighted by Gasteiger charge is 2.13. The number of carboxylic acid groups (broad SMARTS) is 1. The second-order valence-corrected chi connectivity index (χ2v) is 5.96. The summed E-state index contributed by atoms with van der Waals surface area (Å²) in [5.41, 5.74) is 3.42. The van der Waals surface area contributed by atoms with E-state index in [4.69, 9.17) is 5.11 Å². The Bertz CT molecular complexity index is 1150. The van der Waals surface area contributed by atoms with Gasteiger partial charge < -0.3 is 15.4 Å². The average molecular weight is 345 g/mol. The highest BCUT2D eigenvalue weighted by Crippen LogP contribution is 2.26. The average Bonchev–Trinajstić information content (AvgIpc) is 3.09. The molecule has 26 heavy (non-hydrogen) atoms. The number of aromatic amines is 1. The molecule has 4 aromatic rings. The molecule has 0 fully saturated rings. The van der Waals surface area contributed by atoms with E-state index in [1.54, 1.807) is 0 Å². The third-order valence-electron chi connectivity index (χ3n) is 4.18. The van der Waals surface area contributed by atoms with Crippen LogP contribution < -0.4 is 5.32 Å². The molecule has 6 nitrogen and oxygen atoms in total. The van der Waals surface area contributed by atoms with Gasteiger partial charge in [0.2, 0.25) is 0 Å². The molecular weight excluding hydrogens is 330 g/mol. The first kappa shape index (κ1) is 15.8. The number of amides is 1. The Hall–Kier alpha value is -3.67. The van der Waals surface area contributed by atoms with Crippen molar-refractivity contribution in [1.29, 1.82) is 0 Å². The molecule has 0 spiro atoms. The molecule has 1 heterocycles. The molecule has 0 aliphatic heterocycles. The molecule has 0 saturated heterocycles. The number of imidazole rings is 1. The van der Waals surface area contributed by atoms with E-state index in [2.05, 4.69) is 45.6 Å². The fourth-order valence-electron chi connectivity index (χ4n) is 2.90. The number of rotatable bonds is 4. The Morgan fingerprint density at radius 1 is 0.962 bits per heavy atom. The molecule has 0 aliphatic carbocycles. The zero-order valence-electron chi connectivity index (χ0n) is 13.7. The van der Waals surface area contributed by atoms with Crippen molar-refractivity contribution in [3.63, 3.8) is 0 Å². The van der Waals surface area contributed by atoms with Crippen LogP contribution in [-0.4, -0.2) is 33.5 Å². The first-order valence-corrected chi connectivity index (χ1v) is 8.09. The summed E-state index contributed by atoms with van der Waals surface area (Å²) in [5, 5.41) is 13.3. The Labute approximate surface area is 148 Å². The number of hydrogen-bond acceptors (Lipinski definition) is 3.